The molecule has 2 rings (SSSR count). The lowest BCUT2D eigenvalue weighted by Crippen LogP contribution is -2.52. The highest BCUT2D eigenvalue weighted by molar-refractivity contribution is 5.82. The number of nitrogens with zero attached hydrogens (tertiary/aromatic N) is 2. The summed E-state index contributed by atoms with van der Waals surface area (Å²) in [6.45, 7) is 3.81. The number of rotatable bonds is 3. The summed E-state index contributed by atoms with van der Waals surface area (Å²) in [4.78, 5) is 17.3. The van der Waals surface area contributed by atoms with Crippen LogP contribution in [0.4, 0.5) is 0 Å². The number of likely N-dealkylation sites (N-methyl/N-ethyl adjacent to an activating group) is 1. The molecular weight excluding hydrogens is 238 g/mol. The third kappa shape index (κ3) is 3.29. The van der Waals surface area contributed by atoms with Gasteiger partial charge in [0.05, 0.1) is 6.04 Å². The lowest BCUT2D eigenvalue weighted by Gasteiger charge is -2.39. The molecule has 1 aliphatic heterocycles. The molecule has 0 aromatic carbocycles. The van der Waals surface area contributed by atoms with Gasteiger partial charge in [-0.1, -0.05) is 19.3 Å². The van der Waals surface area contributed by atoms with E-state index in [1.807, 2.05) is 0 Å². The Kier molecular flexibility index (Phi) is 5.22. The van der Waals surface area contributed by atoms with Crippen molar-refractivity contribution in [3.8, 4) is 0 Å². The summed E-state index contributed by atoms with van der Waals surface area (Å²) < 4.78 is 0. The van der Waals surface area contributed by atoms with Gasteiger partial charge < -0.3 is 10.6 Å². The Morgan fingerprint density at radius 3 is 2.53 bits per heavy atom. The van der Waals surface area contributed by atoms with Crippen molar-refractivity contribution in [2.24, 2.45) is 5.73 Å². The summed E-state index contributed by atoms with van der Waals surface area (Å²) in [6.07, 6.45) is 8.13. The molecule has 19 heavy (non-hydrogen) atoms. The third-order valence-corrected chi connectivity index (χ3v) is 4.85. The minimum atomic E-state index is -0.00289. The Bertz CT molecular complexity index is 302. The lowest BCUT2D eigenvalue weighted by atomic mass is 9.92. The van der Waals surface area contributed by atoms with Crippen LogP contribution in [0.25, 0.3) is 0 Å². The molecule has 2 N–H and O–H groups in total. The number of nitrogens with two attached hydrogens (primary N) is 1. The van der Waals surface area contributed by atoms with Crippen molar-refractivity contribution >= 4 is 5.91 Å². The van der Waals surface area contributed by atoms with E-state index in [4.69, 9.17) is 5.73 Å². The van der Waals surface area contributed by atoms with Gasteiger partial charge in [0.2, 0.25) is 5.91 Å². The van der Waals surface area contributed by atoms with Crippen LogP contribution in [-0.2, 0) is 4.79 Å². The second-order valence-electron chi connectivity index (χ2n) is 6.25. The van der Waals surface area contributed by atoms with Gasteiger partial charge in [-0.3, -0.25) is 9.69 Å². The summed E-state index contributed by atoms with van der Waals surface area (Å²) >= 11 is 0. The molecule has 110 valence electrons. The highest BCUT2D eigenvalue weighted by Gasteiger charge is 2.37. The van der Waals surface area contributed by atoms with Gasteiger partial charge in [-0.05, 0) is 46.2 Å². The van der Waals surface area contributed by atoms with Crippen LogP contribution in [0.2, 0.25) is 0 Å². The highest BCUT2D eigenvalue weighted by atomic mass is 16.2. The zero-order valence-electron chi connectivity index (χ0n) is 12.5. The van der Waals surface area contributed by atoms with Gasteiger partial charge in [-0.15, -0.1) is 0 Å². The number of amides is 1. The third-order valence-electron chi connectivity index (χ3n) is 4.85. The van der Waals surface area contributed by atoms with Crippen molar-refractivity contribution < 1.29 is 4.79 Å². The summed E-state index contributed by atoms with van der Waals surface area (Å²) in [5, 5.41) is 0. The van der Waals surface area contributed by atoms with Gasteiger partial charge in [0.1, 0.15) is 0 Å². The standard InChI is InChI=1S/C15H29N3O/c1-12-9-11-17(2)14(8-10-16)15(19)18(12)13-6-4-3-5-7-13/h12-14H,3-11,16H2,1-2H3. The maximum Gasteiger partial charge on any atom is 0.240 e. The van der Waals surface area contributed by atoms with Crippen molar-refractivity contribution in [2.75, 3.05) is 20.1 Å². The molecule has 1 saturated heterocycles. The summed E-state index contributed by atoms with van der Waals surface area (Å²) in [6, 6.07) is 0.848. The number of carbonyl (C=O) groups is 1. The normalized spacial score (nSPS) is 31.5. The molecule has 2 unspecified atom stereocenters. The first-order valence-corrected chi connectivity index (χ1v) is 7.87. The van der Waals surface area contributed by atoms with Crippen LogP contribution >= 0.6 is 0 Å². The molecule has 2 atom stereocenters. The smallest absolute Gasteiger partial charge is 0.240 e. The van der Waals surface area contributed by atoms with Crippen LogP contribution in [0.3, 0.4) is 0 Å². The molecule has 0 aromatic heterocycles. The zero-order chi connectivity index (χ0) is 13.8. The predicted octanol–water partition coefficient (Wildman–Crippen LogP) is 1.59. The van der Waals surface area contributed by atoms with Crippen LogP contribution in [0, 0.1) is 0 Å². The minimum absolute atomic E-state index is 0.00289. The highest BCUT2D eigenvalue weighted by Crippen LogP contribution is 2.28. The van der Waals surface area contributed by atoms with Crippen LogP contribution in [0.1, 0.15) is 51.9 Å². The van der Waals surface area contributed by atoms with Gasteiger partial charge >= 0.3 is 0 Å². The van der Waals surface area contributed by atoms with E-state index in [1.165, 1.54) is 32.1 Å². The first kappa shape index (κ1) is 14.8. The average molecular weight is 267 g/mol. The monoisotopic (exact) mass is 267 g/mol. The van der Waals surface area contributed by atoms with Crippen molar-refractivity contribution in [1.82, 2.24) is 9.80 Å². The van der Waals surface area contributed by atoms with Crippen molar-refractivity contribution in [1.29, 1.82) is 0 Å². The largest absolute Gasteiger partial charge is 0.336 e. The second kappa shape index (κ2) is 6.71. The summed E-state index contributed by atoms with van der Waals surface area (Å²) in [7, 11) is 2.06. The fourth-order valence-electron chi connectivity index (χ4n) is 3.66. The molecule has 0 spiro atoms. The Morgan fingerprint density at radius 1 is 1.21 bits per heavy atom. The lowest BCUT2D eigenvalue weighted by molar-refractivity contribution is -0.140. The molecule has 0 aromatic rings. The molecule has 1 amide bonds. The Morgan fingerprint density at radius 2 is 1.89 bits per heavy atom. The minimum Gasteiger partial charge on any atom is -0.336 e. The van der Waals surface area contributed by atoms with Crippen molar-refractivity contribution in [3.63, 3.8) is 0 Å². The van der Waals surface area contributed by atoms with Crippen LogP contribution in [-0.4, -0.2) is 54.0 Å². The van der Waals surface area contributed by atoms with E-state index in [0.717, 1.165) is 19.4 Å². The van der Waals surface area contributed by atoms with Crippen molar-refractivity contribution in [3.05, 3.63) is 0 Å². The Balaban J connectivity index is 2.15. The van der Waals surface area contributed by atoms with E-state index in [0.29, 0.717) is 24.5 Å². The van der Waals surface area contributed by atoms with E-state index in [-0.39, 0.29) is 6.04 Å². The Labute approximate surface area is 117 Å². The van der Waals surface area contributed by atoms with Gasteiger partial charge in [0.25, 0.3) is 0 Å². The molecular formula is C15H29N3O. The van der Waals surface area contributed by atoms with Crippen molar-refractivity contribution in [2.45, 2.75) is 70.0 Å². The fourth-order valence-corrected chi connectivity index (χ4v) is 3.66. The maximum atomic E-state index is 12.9. The maximum absolute atomic E-state index is 12.9. The fraction of sp³-hybridized carbons (Fsp3) is 0.933. The van der Waals surface area contributed by atoms with E-state index < -0.39 is 0 Å². The number of hydrogen-bond donors (Lipinski definition) is 1. The molecule has 1 saturated carbocycles. The van der Waals surface area contributed by atoms with Gasteiger partial charge in [-0.25, -0.2) is 0 Å². The first-order valence-electron chi connectivity index (χ1n) is 7.87. The molecule has 0 bridgehead atoms. The molecule has 2 fully saturated rings. The second-order valence-corrected chi connectivity index (χ2v) is 6.25. The van der Waals surface area contributed by atoms with Gasteiger partial charge in [0.15, 0.2) is 0 Å². The van der Waals surface area contributed by atoms with E-state index in [2.05, 4.69) is 23.8 Å². The zero-order valence-corrected chi connectivity index (χ0v) is 12.5. The summed E-state index contributed by atoms with van der Waals surface area (Å²) in [5.41, 5.74) is 5.70. The molecule has 1 heterocycles. The SMILES string of the molecule is CC1CCN(C)C(CCN)C(=O)N1C1CCCCC1. The van der Waals surface area contributed by atoms with Gasteiger partial charge in [0, 0.05) is 18.6 Å². The van der Waals surface area contributed by atoms with Gasteiger partial charge in [-0.2, -0.15) is 0 Å². The van der Waals surface area contributed by atoms with Crippen LogP contribution in [0.15, 0.2) is 0 Å². The molecule has 1 aliphatic carbocycles. The Hall–Kier alpha value is -0.610. The van der Waals surface area contributed by atoms with E-state index >= 15 is 0 Å². The van der Waals surface area contributed by atoms with Crippen LogP contribution in [0.5, 0.6) is 0 Å². The number of carbonyl (C=O) groups excluding carboxylic acids is 1. The topological polar surface area (TPSA) is 49.6 Å². The number of hydrogen-bond acceptors (Lipinski definition) is 3. The molecule has 0 radical (unpaired) electrons. The molecule has 4 nitrogen and oxygen atoms in total. The van der Waals surface area contributed by atoms with Crippen LogP contribution < -0.4 is 5.73 Å². The van der Waals surface area contributed by atoms with E-state index in [9.17, 15) is 4.79 Å². The first-order chi connectivity index (χ1) is 9.15. The molecule has 4 heteroatoms. The summed E-state index contributed by atoms with van der Waals surface area (Å²) in [5.74, 6) is 0.324. The van der Waals surface area contributed by atoms with E-state index in [1.54, 1.807) is 0 Å². The average Bonchev–Trinajstić information content (AvgIpc) is 2.52. The molecule has 2 aliphatic rings. The predicted molar refractivity (Wildman–Crippen MR) is 77.9 cm³/mol. The quantitative estimate of drug-likeness (QED) is 0.845.